The largest absolute Gasteiger partial charge is 0.495 e. The number of nitrogens with zero attached hydrogens (tertiary/aromatic N) is 3. The number of rotatable bonds is 6. The number of pyridine rings is 1. The van der Waals surface area contributed by atoms with Crippen LogP contribution in [-0.2, 0) is 4.74 Å². The Morgan fingerprint density at radius 1 is 1.05 bits per heavy atom. The van der Waals surface area contributed by atoms with E-state index in [0.717, 1.165) is 34.0 Å². The SMILES string of the molecule is COC(=O)c1ccccc1-n1c(C)cc([C@@H]2[C@@H](c3ccccn3)NC(=S)N2c2ccc(OC)c(Cl)c2)c1C. The van der Waals surface area contributed by atoms with Gasteiger partial charge in [0.2, 0.25) is 0 Å². The molecule has 1 aliphatic rings. The summed E-state index contributed by atoms with van der Waals surface area (Å²) < 4.78 is 12.5. The maximum Gasteiger partial charge on any atom is 0.339 e. The van der Waals surface area contributed by atoms with Crippen LogP contribution < -0.4 is 15.0 Å². The van der Waals surface area contributed by atoms with Crippen LogP contribution >= 0.6 is 23.8 Å². The number of benzene rings is 2. The van der Waals surface area contributed by atoms with Crippen LogP contribution in [0.15, 0.2) is 72.9 Å². The van der Waals surface area contributed by atoms with Crippen LogP contribution in [0.5, 0.6) is 5.75 Å². The van der Waals surface area contributed by atoms with Crippen molar-refractivity contribution in [3.05, 3.63) is 106 Å². The first-order valence-corrected chi connectivity index (χ1v) is 12.8. The van der Waals surface area contributed by atoms with Gasteiger partial charge in [0.05, 0.1) is 48.3 Å². The van der Waals surface area contributed by atoms with Gasteiger partial charge in [0.1, 0.15) is 5.75 Å². The lowest BCUT2D eigenvalue weighted by molar-refractivity contribution is 0.0600. The fraction of sp³-hybridized carbons (Fsp3) is 0.207. The van der Waals surface area contributed by atoms with Crippen molar-refractivity contribution in [2.24, 2.45) is 0 Å². The molecule has 4 aromatic rings. The number of methoxy groups -OCH3 is 2. The molecule has 0 saturated carbocycles. The number of para-hydroxylation sites is 1. The van der Waals surface area contributed by atoms with Gasteiger partial charge in [-0.15, -0.1) is 0 Å². The number of esters is 1. The fourth-order valence-corrected chi connectivity index (χ4v) is 5.76. The molecular weight excluding hydrogens is 520 g/mol. The fourth-order valence-electron chi connectivity index (χ4n) is 5.16. The highest BCUT2D eigenvalue weighted by Gasteiger charge is 2.42. The molecule has 2 aromatic carbocycles. The number of hydrogen-bond donors (Lipinski definition) is 1. The minimum absolute atomic E-state index is 0.227. The number of anilines is 1. The molecular formula is C29H27ClN4O3S. The molecule has 3 heterocycles. The zero-order chi connectivity index (χ0) is 27.0. The average molecular weight is 547 g/mol. The third-order valence-corrected chi connectivity index (χ3v) is 7.46. The molecule has 1 aliphatic heterocycles. The highest BCUT2D eigenvalue weighted by atomic mass is 35.5. The van der Waals surface area contributed by atoms with Gasteiger partial charge in [0, 0.05) is 23.3 Å². The lowest BCUT2D eigenvalue weighted by Crippen LogP contribution is -2.29. The maximum atomic E-state index is 12.6. The monoisotopic (exact) mass is 546 g/mol. The van der Waals surface area contributed by atoms with E-state index in [1.165, 1.54) is 7.11 Å². The quantitative estimate of drug-likeness (QED) is 0.231. The molecule has 7 nitrogen and oxygen atoms in total. The van der Waals surface area contributed by atoms with Crippen molar-refractivity contribution in [3.8, 4) is 11.4 Å². The third kappa shape index (κ3) is 4.40. The predicted octanol–water partition coefficient (Wildman–Crippen LogP) is 6.11. The average Bonchev–Trinajstić information content (AvgIpc) is 3.43. The summed E-state index contributed by atoms with van der Waals surface area (Å²) in [5.74, 6) is 0.197. The summed E-state index contributed by atoms with van der Waals surface area (Å²) >= 11 is 12.4. The van der Waals surface area contributed by atoms with Crippen molar-refractivity contribution in [2.45, 2.75) is 25.9 Å². The number of aryl methyl sites for hydroxylation is 1. The van der Waals surface area contributed by atoms with Gasteiger partial charge in [-0.3, -0.25) is 4.98 Å². The number of thiocarbonyl (C=S) groups is 1. The molecule has 38 heavy (non-hydrogen) atoms. The molecule has 2 aromatic heterocycles. The van der Waals surface area contributed by atoms with Crippen LogP contribution in [-0.4, -0.2) is 34.9 Å². The molecule has 194 valence electrons. The van der Waals surface area contributed by atoms with Crippen LogP contribution in [0, 0.1) is 13.8 Å². The summed E-state index contributed by atoms with van der Waals surface area (Å²) in [6.07, 6.45) is 1.78. The lowest BCUT2D eigenvalue weighted by Gasteiger charge is -2.28. The van der Waals surface area contributed by atoms with Crippen LogP contribution in [0.2, 0.25) is 5.02 Å². The van der Waals surface area contributed by atoms with Gasteiger partial charge in [-0.1, -0.05) is 29.8 Å². The van der Waals surface area contributed by atoms with Crippen LogP contribution in [0.4, 0.5) is 5.69 Å². The maximum absolute atomic E-state index is 12.6. The van der Waals surface area contributed by atoms with Gasteiger partial charge in [-0.05, 0) is 80.2 Å². The van der Waals surface area contributed by atoms with E-state index in [4.69, 9.17) is 33.3 Å². The first kappa shape index (κ1) is 25.8. The van der Waals surface area contributed by atoms with E-state index in [2.05, 4.69) is 25.8 Å². The Morgan fingerprint density at radius 3 is 2.50 bits per heavy atom. The Balaban J connectivity index is 1.70. The molecule has 0 bridgehead atoms. The van der Waals surface area contributed by atoms with E-state index in [1.54, 1.807) is 19.4 Å². The standard InChI is InChI=1S/C29H27ClN4O3S/c1-17-15-21(18(2)33(17)24-11-6-5-9-20(24)28(35)37-4)27-26(23-10-7-8-14-31-23)32-29(38)34(27)19-12-13-25(36-3)22(30)16-19/h5-16,26-27H,1-4H3,(H,32,38)/t26-,27-/m1/s1. The number of carbonyl (C=O) groups is 1. The molecule has 5 rings (SSSR count). The molecule has 9 heteroatoms. The van der Waals surface area contributed by atoms with E-state index in [1.807, 2.05) is 68.4 Å². The van der Waals surface area contributed by atoms with Crippen LogP contribution in [0.25, 0.3) is 5.69 Å². The van der Waals surface area contributed by atoms with E-state index in [9.17, 15) is 4.79 Å². The van der Waals surface area contributed by atoms with Crippen LogP contribution in [0.3, 0.4) is 0 Å². The Labute approximate surface area is 232 Å². The number of carbonyl (C=O) groups excluding carboxylic acids is 1. The van der Waals surface area contributed by atoms with Gasteiger partial charge in [0.25, 0.3) is 0 Å². The molecule has 1 fully saturated rings. The topological polar surface area (TPSA) is 68.6 Å². The van der Waals surface area contributed by atoms with Gasteiger partial charge in [0.15, 0.2) is 5.11 Å². The first-order valence-electron chi connectivity index (χ1n) is 12.1. The van der Waals surface area contributed by atoms with Crippen molar-refractivity contribution in [1.82, 2.24) is 14.9 Å². The molecule has 0 spiro atoms. The molecule has 1 N–H and O–H groups in total. The van der Waals surface area contributed by atoms with E-state index in [0.29, 0.717) is 21.4 Å². The van der Waals surface area contributed by atoms with Crippen molar-refractivity contribution >= 4 is 40.6 Å². The second-order valence-corrected chi connectivity index (χ2v) is 9.78. The summed E-state index contributed by atoms with van der Waals surface area (Å²) in [7, 11) is 2.98. The normalized spacial score (nSPS) is 16.9. The van der Waals surface area contributed by atoms with E-state index in [-0.39, 0.29) is 18.1 Å². The van der Waals surface area contributed by atoms with Crippen molar-refractivity contribution in [1.29, 1.82) is 0 Å². The smallest absolute Gasteiger partial charge is 0.339 e. The Bertz CT molecular complexity index is 1520. The number of halogens is 1. The molecule has 2 atom stereocenters. The Kier molecular flexibility index (Phi) is 7.10. The van der Waals surface area contributed by atoms with Gasteiger partial charge < -0.3 is 24.3 Å². The van der Waals surface area contributed by atoms with Gasteiger partial charge >= 0.3 is 5.97 Å². The number of hydrogen-bond acceptors (Lipinski definition) is 5. The Hall–Kier alpha value is -3.88. The lowest BCUT2D eigenvalue weighted by atomic mass is 9.96. The predicted molar refractivity (Wildman–Crippen MR) is 153 cm³/mol. The Morgan fingerprint density at radius 2 is 1.82 bits per heavy atom. The summed E-state index contributed by atoms with van der Waals surface area (Å²) in [6.45, 7) is 4.07. The number of ether oxygens (including phenoxy) is 2. The highest BCUT2D eigenvalue weighted by molar-refractivity contribution is 7.80. The molecule has 0 amide bonds. The summed E-state index contributed by atoms with van der Waals surface area (Å²) in [6, 6.07) is 20.6. The van der Waals surface area contributed by atoms with E-state index >= 15 is 0 Å². The van der Waals surface area contributed by atoms with Crippen molar-refractivity contribution < 1.29 is 14.3 Å². The molecule has 0 radical (unpaired) electrons. The summed E-state index contributed by atoms with van der Waals surface area (Å²) in [5, 5.41) is 4.54. The molecule has 0 aliphatic carbocycles. The number of aromatic nitrogens is 2. The summed E-state index contributed by atoms with van der Waals surface area (Å²) in [4.78, 5) is 19.3. The minimum Gasteiger partial charge on any atom is -0.495 e. The first-order chi connectivity index (χ1) is 18.3. The second kappa shape index (κ2) is 10.5. The molecule has 0 unspecified atom stereocenters. The zero-order valence-electron chi connectivity index (χ0n) is 21.4. The van der Waals surface area contributed by atoms with Gasteiger partial charge in [-0.25, -0.2) is 4.79 Å². The summed E-state index contributed by atoms with van der Waals surface area (Å²) in [5.41, 5.74) is 5.92. The molecule has 1 saturated heterocycles. The van der Waals surface area contributed by atoms with Gasteiger partial charge in [-0.2, -0.15) is 0 Å². The zero-order valence-corrected chi connectivity index (χ0v) is 23.0. The third-order valence-electron chi connectivity index (χ3n) is 6.85. The number of nitrogens with one attached hydrogen (secondary N) is 1. The van der Waals surface area contributed by atoms with E-state index < -0.39 is 0 Å². The highest BCUT2D eigenvalue weighted by Crippen LogP contribution is 2.45. The van der Waals surface area contributed by atoms with Crippen LogP contribution in [0.1, 0.15) is 45.1 Å². The van der Waals surface area contributed by atoms with Crippen molar-refractivity contribution in [3.63, 3.8) is 0 Å². The minimum atomic E-state index is -0.390. The second-order valence-electron chi connectivity index (χ2n) is 8.99. The van der Waals surface area contributed by atoms with Crippen molar-refractivity contribution in [2.75, 3.05) is 19.1 Å².